The molecule has 0 bridgehead atoms. The van der Waals surface area contributed by atoms with Crippen LogP contribution in [0.2, 0.25) is 0 Å². The van der Waals surface area contributed by atoms with Crippen molar-refractivity contribution in [1.29, 1.82) is 0 Å². The number of carbonyl (C=O) groups is 2. The predicted molar refractivity (Wildman–Crippen MR) is 109 cm³/mol. The maximum atomic E-state index is 13.1. The van der Waals surface area contributed by atoms with Crippen molar-refractivity contribution in [3.8, 4) is 0 Å². The number of rotatable bonds is 7. The van der Waals surface area contributed by atoms with Gasteiger partial charge in [-0.2, -0.15) is 0 Å². The number of hydrogen-bond donors (Lipinski definition) is 1. The first kappa shape index (κ1) is 20.7. The second kappa shape index (κ2) is 9.36. The number of amides is 2. The summed E-state index contributed by atoms with van der Waals surface area (Å²) in [4.78, 5) is 27.3. The Hall–Kier alpha value is -2.62. The summed E-state index contributed by atoms with van der Waals surface area (Å²) in [5.74, 6) is -0.176. The minimum atomic E-state index is -0.536. The summed E-state index contributed by atoms with van der Waals surface area (Å²) in [7, 11) is 0. The van der Waals surface area contributed by atoms with Crippen LogP contribution in [-0.4, -0.2) is 28.8 Å². The Morgan fingerprint density at radius 1 is 0.926 bits per heavy atom. The van der Waals surface area contributed by atoms with Crippen LogP contribution in [0, 0.1) is 13.8 Å². The molecule has 4 nitrogen and oxygen atoms in total. The van der Waals surface area contributed by atoms with E-state index in [1.807, 2.05) is 70.2 Å². The largest absolute Gasteiger partial charge is 0.352 e. The standard InChI is InChI=1S/C23H30N2O2/c1-16(2)24-23(27)19(5)25(15-20-9-7-6-8-10-20)22(26)14-21-12-17(3)11-18(4)13-21/h6-13,16,19H,14-15H2,1-5H3,(H,24,27). The van der Waals surface area contributed by atoms with Crippen molar-refractivity contribution in [3.05, 3.63) is 70.8 Å². The van der Waals surface area contributed by atoms with Crippen LogP contribution in [0.25, 0.3) is 0 Å². The molecule has 0 radical (unpaired) electrons. The van der Waals surface area contributed by atoms with Crippen LogP contribution < -0.4 is 5.32 Å². The van der Waals surface area contributed by atoms with Gasteiger partial charge in [0.25, 0.3) is 0 Å². The second-order valence-corrected chi connectivity index (χ2v) is 7.52. The highest BCUT2D eigenvalue weighted by atomic mass is 16.2. The number of nitrogens with zero attached hydrogens (tertiary/aromatic N) is 1. The minimum Gasteiger partial charge on any atom is -0.352 e. The second-order valence-electron chi connectivity index (χ2n) is 7.52. The summed E-state index contributed by atoms with van der Waals surface area (Å²) in [6, 6.07) is 15.4. The van der Waals surface area contributed by atoms with Crippen molar-refractivity contribution >= 4 is 11.8 Å². The van der Waals surface area contributed by atoms with Gasteiger partial charge in [-0.3, -0.25) is 9.59 Å². The number of carbonyl (C=O) groups excluding carboxylic acids is 2. The van der Waals surface area contributed by atoms with Gasteiger partial charge >= 0.3 is 0 Å². The monoisotopic (exact) mass is 366 g/mol. The summed E-state index contributed by atoms with van der Waals surface area (Å²) in [6.45, 7) is 10.1. The number of nitrogens with one attached hydrogen (secondary N) is 1. The summed E-state index contributed by atoms with van der Waals surface area (Å²) in [5.41, 5.74) is 4.26. The molecule has 4 heteroatoms. The molecule has 0 saturated carbocycles. The van der Waals surface area contributed by atoms with Crippen LogP contribution in [0.3, 0.4) is 0 Å². The predicted octanol–water partition coefficient (Wildman–Crippen LogP) is 3.79. The summed E-state index contributed by atoms with van der Waals surface area (Å²) < 4.78 is 0. The van der Waals surface area contributed by atoms with E-state index in [1.54, 1.807) is 11.8 Å². The Morgan fingerprint density at radius 3 is 2.07 bits per heavy atom. The Balaban J connectivity index is 2.24. The average molecular weight is 367 g/mol. The van der Waals surface area contributed by atoms with E-state index in [1.165, 1.54) is 0 Å². The van der Waals surface area contributed by atoms with E-state index in [-0.39, 0.29) is 24.3 Å². The van der Waals surface area contributed by atoms with E-state index in [2.05, 4.69) is 11.4 Å². The fraction of sp³-hybridized carbons (Fsp3) is 0.391. The summed E-state index contributed by atoms with van der Waals surface area (Å²) in [5, 5.41) is 2.91. The third-order valence-corrected chi connectivity index (χ3v) is 4.43. The molecule has 0 spiro atoms. The molecule has 0 heterocycles. The highest BCUT2D eigenvalue weighted by Crippen LogP contribution is 2.15. The molecule has 2 aromatic rings. The fourth-order valence-corrected chi connectivity index (χ4v) is 3.22. The first-order chi connectivity index (χ1) is 12.8. The fourth-order valence-electron chi connectivity index (χ4n) is 3.22. The Bertz CT molecular complexity index is 764. The number of hydrogen-bond acceptors (Lipinski definition) is 2. The van der Waals surface area contributed by atoms with Gasteiger partial charge in [0.05, 0.1) is 6.42 Å². The van der Waals surface area contributed by atoms with Gasteiger partial charge < -0.3 is 10.2 Å². The first-order valence-corrected chi connectivity index (χ1v) is 9.47. The van der Waals surface area contributed by atoms with Gasteiger partial charge in [0.2, 0.25) is 11.8 Å². The smallest absolute Gasteiger partial charge is 0.242 e. The van der Waals surface area contributed by atoms with E-state index >= 15 is 0 Å². The molecule has 27 heavy (non-hydrogen) atoms. The molecule has 1 N–H and O–H groups in total. The zero-order valence-electron chi connectivity index (χ0n) is 17.0. The highest BCUT2D eigenvalue weighted by molar-refractivity contribution is 5.88. The van der Waals surface area contributed by atoms with E-state index in [9.17, 15) is 9.59 Å². The normalized spacial score (nSPS) is 11.9. The van der Waals surface area contributed by atoms with Crippen LogP contribution >= 0.6 is 0 Å². The molecule has 2 amide bonds. The van der Waals surface area contributed by atoms with Crippen molar-refractivity contribution in [3.63, 3.8) is 0 Å². The molecular weight excluding hydrogens is 336 g/mol. The molecule has 144 valence electrons. The minimum absolute atomic E-state index is 0.0352. The van der Waals surface area contributed by atoms with Crippen LogP contribution in [0.1, 0.15) is 43.0 Å². The van der Waals surface area contributed by atoms with Crippen LogP contribution in [0.4, 0.5) is 0 Å². The molecule has 2 rings (SSSR count). The number of aryl methyl sites for hydroxylation is 2. The van der Waals surface area contributed by atoms with Crippen molar-refractivity contribution in [2.45, 2.75) is 59.7 Å². The van der Waals surface area contributed by atoms with Crippen LogP contribution in [-0.2, 0) is 22.6 Å². The molecule has 0 aliphatic carbocycles. The third-order valence-electron chi connectivity index (χ3n) is 4.43. The molecule has 0 aromatic heterocycles. The lowest BCUT2D eigenvalue weighted by molar-refractivity contribution is -0.140. The quantitative estimate of drug-likeness (QED) is 0.810. The van der Waals surface area contributed by atoms with Gasteiger partial charge in [0.15, 0.2) is 0 Å². The molecule has 0 saturated heterocycles. The van der Waals surface area contributed by atoms with Crippen LogP contribution in [0.5, 0.6) is 0 Å². The molecule has 0 fully saturated rings. The van der Waals surface area contributed by atoms with Crippen LogP contribution in [0.15, 0.2) is 48.5 Å². The zero-order valence-corrected chi connectivity index (χ0v) is 17.0. The lowest BCUT2D eigenvalue weighted by Crippen LogP contribution is -2.49. The van der Waals surface area contributed by atoms with E-state index in [4.69, 9.17) is 0 Å². The lowest BCUT2D eigenvalue weighted by Gasteiger charge is -2.29. The van der Waals surface area contributed by atoms with Gasteiger partial charge in [0, 0.05) is 12.6 Å². The third kappa shape index (κ3) is 6.24. The van der Waals surface area contributed by atoms with Crippen molar-refractivity contribution < 1.29 is 9.59 Å². The van der Waals surface area contributed by atoms with Crippen molar-refractivity contribution in [2.75, 3.05) is 0 Å². The Labute approximate surface area is 162 Å². The molecule has 0 aliphatic rings. The Kier molecular flexibility index (Phi) is 7.17. The lowest BCUT2D eigenvalue weighted by atomic mass is 10.0. The van der Waals surface area contributed by atoms with Gasteiger partial charge in [0.1, 0.15) is 6.04 Å². The summed E-state index contributed by atoms with van der Waals surface area (Å²) >= 11 is 0. The maximum absolute atomic E-state index is 13.1. The molecule has 0 aliphatic heterocycles. The van der Waals surface area contributed by atoms with E-state index in [0.717, 1.165) is 22.3 Å². The first-order valence-electron chi connectivity index (χ1n) is 9.47. The highest BCUT2D eigenvalue weighted by Gasteiger charge is 2.26. The Morgan fingerprint density at radius 2 is 1.52 bits per heavy atom. The van der Waals surface area contributed by atoms with Crippen molar-refractivity contribution in [2.24, 2.45) is 0 Å². The SMILES string of the molecule is Cc1cc(C)cc(CC(=O)N(Cc2ccccc2)C(C)C(=O)NC(C)C)c1. The molecule has 2 aromatic carbocycles. The van der Waals surface area contributed by atoms with Crippen molar-refractivity contribution in [1.82, 2.24) is 10.2 Å². The number of benzene rings is 2. The van der Waals surface area contributed by atoms with Gasteiger partial charge in [-0.05, 0) is 45.7 Å². The zero-order chi connectivity index (χ0) is 20.0. The van der Waals surface area contributed by atoms with Gasteiger partial charge in [-0.15, -0.1) is 0 Å². The molecule has 1 atom stereocenters. The molecular formula is C23H30N2O2. The van der Waals surface area contributed by atoms with Gasteiger partial charge in [-0.1, -0.05) is 59.7 Å². The topological polar surface area (TPSA) is 49.4 Å². The maximum Gasteiger partial charge on any atom is 0.242 e. The van der Waals surface area contributed by atoms with E-state index in [0.29, 0.717) is 6.54 Å². The van der Waals surface area contributed by atoms with E-state index < -0.39 is 6.04 Å². The molecule has 1 unspecified atom stereocenters. The van der Waals surface area contributed by atoms with Gasteiger partial charge in [-0.25, -0.2) is 0 Å². The summed E-state index contributed by atoms with van der Waals surface area (Å²) in [6.07, 6.45) is 0.286. The average Bonchev–Trinajstić information content (AvgIpc) is 2.58.